The van der Waals surface area contributed by atoms with Gasteiger partial charge in [0, 0.05) is 6.54 Å². The molecule has 100 valence electrons. The molecule has 2 aromatic carbocycles. The van der Waals surface area contributed by atoms with Crippen LogP contribution in [-0.2, 0) is 6.54 Å². The zero-order valence-electron chi connectivity index (χ0n) is 12.4. The van der Waals surface area contributed by atoms with E-state index in [0.29, 0.717) is 0 Å². The molecule has 0 fully saturated rings. The zero-order valence-corrected chi connectivity index (χ0v) is 12.4. The van der Waals surface area contributed by atoms with Gasteiger partial charge >= 0.3 is 0 Å². The SMILES string of the molecule is CCNCc1ccccc1-c1cc(C)c(C)cc1C. The molecular weight excluding hydrogens is 230 g/mol. The molecular formula is C18H23N. The molecule has 0 amide bonds. The number of aryl methyl sites for hydroxylation is 3. The Morgan fingerprint density at radius 1 is 0.842 bits per heavy atom. The second kappa shape index (κ2) is 6.03. The average molecular weight is 253 g/mol. The van der Waals surface area contributed by atoms with Gasteiger partial charge in [0.15, 0.2) is 0 Å². The average Bonchev–Trinajstić information content (AvgIpc) is 2.41. The van der Waals surface area contributed by atoms with E-state index in [2.05, 4.69) is 69.4 Å². The number of nitrogens with one attached hydrogen (secondary N) is 1. The number of hydrogen-bond donors (Lipinski definition) is 1. The van der Waals surface area contributed by atoms with Crippen molar-refractivity contribution in [1.82, 2.24) is 5.32 Å². The van der Waals surface area contributed by atoms with Crippen LogP contribution in [0, 0.1) is 20.8 Å². The topological polar surface area (TPSA) is 12.0 Å². The third-order valence-electron chi connectivity index (χ3n) is 3.71. The van der Waals surface area contributed by atoms with E-state index < -0.39 is 0 Å². The van der Waals surface area contributed by atoms with Crippen molar-refractivity contribution in [2.75, 3.05) is 6.54 Å². The second-order valence-corrected chi connectivity index (χ2v) is 5.19. The van der Waals surface area contributed by atoms with Gasteiger partial charge in [-0.05, 0) is 60.7 Å². The summed E-state index contributed by atoms with van der Waals surface area (Å²) in [4.78, 5) is 0. The van der Waals surface area contributed by atoms with E-state index in [1.165, 1.54) is 33.4 Å². The molecule has 1 heteroatoms. The normalized spacial score (nSPS) is 10.7. The number of benzene rings is 2. The lowest BCUT2D eigenvalue weighted by Crippen LogP contribution is -2.12. The van der Waals surface area contributed by atoms with Crippen molar-refractivity contribution in [1.29, 1.82) is 0 Å². The van der Waals surface area contributed by atoms with Crippen LogP contribution in [0.5, 0.6) is 0 Å². The summed E-state index contributed by atoms with van der Waals surface area (Å²) in [5, 5.41) is 3.42. The predicted molar refractivity (Wildman–Crippen MR) is 83.5 cm³/mol. The Balaban J connectivity index is 2.49. The maximum absolute atomic E-state index is 3.42. The molecule has 1 nitrogen and oxygen atoms in total. The van der Waals surface area contributed by atoms with Gasteiger partial charge in [-0.25, -0.2) is 0 Å². The first-order valence-electron chi connectivity index (χ1n) is 7.00. The molecule has 0 spiro atoms. The van der Waals surface area contributed by atoms with Crippen LogP contribution < -0.4 is 5.32 Å². The highest BCUT2D eigenvalue weighted by Gasteiger charge is 2.08. The van der Waals surface area contributed by atoms with E-state index in [9.17, 15) is 0 Å². The smallest absolute Gasteiger partial charge is 0.0211 e. The molecule has 0 saturated carbocycles. The molecule has 19 heavy (non-hydrogen) atoms. The Hall–Kier alpha value is -1.60. The quantitative estimate of drug-likeness (QED) is 0.852. The van der Waals surface area contributed by atoms with Crippen LogP contribution in [0.25, 0.3) is 11.1 Å². The molecule has 1 N–H and O–H groups in total. The van der Waals surface area contributed by atoms with Crippen molar-refractivity contribution in [3.8, 4) is 11.1 Å². The summed E-state index contributed by atoms with van der Waals surface area (Å²) >= 11 is 0. The molecule has 0 saturated heterocycles. The third kappa shape index (κ3) is 3.05. The number of rotatable bonds is 4. The maximum Gasteiger partial charge on any atom is 0.0211 e. The molecule has 0 unspecified atom stereocenters. The fraction of sp³-hybridized carbons (Fsp3) is 0.333. The second-order valence-electron chi connectivity index (χ2n) is 5.19. The molecule has 0 bridgehead atoms. The van der Waals surface area contributed by atoms with E-state index in [1.54, 1.807) is 0 Å². The van der Waals surface area contributed by atoms with Gasteiger partial charge in [0.05, 0.1) is 0 Å². The van der Waals surface area contributed by atoms with Gasteiger partial charge in [-0.3, -0.25) is 0 Å². The van der Waals surface area contributed by atoms with Gasteiger partial charge < -0.3 is 5.32 Å². The first kappa shape index (κ1) is 13.8. The minimum Gasteiger partial charge on any atom is -0.313 e. The summed E-state index contributed by atoms with van der Waals surface area (Å²) in [5.74, 6) is 0. The Morgan fingerprint density at radius 2 is 1.53 bits per heavy atom. The highest BCUT2D eigenvalue weighted by molar-refractivity contribution is 5.71. The van der Waals surface area contributed by atoms with Gasteiger partial charge in [-0.1, -0.05) is 43.3 Å². The van der Waals surface area contributed by atoms with E-state index >= 15 is 0 Å². The fourth-order valence-corrected chi connectivity index (χ4v) is 2.45. The lowest BCUT2D eigenvalue weighted by molar-refractivity contribution is 0.728. The van der Waals surface area contributed by atoms with Gasteiger partial charge in [0.2, 0.25) is 0 Å². The summed E-state index contributed by atoms with van der Waals surface area (Å²) in [6.45, 7) is 10.6. The molecule has 0 aliphatic rings. The van der Waals surface area contributed by atoms with Gasteiger partial charge in [-0.15, -0.1) is 0 Å². The predicted octanol–water partition coefficient (Wildman–Crippen LogP) is 4.39. The first-order valence-corrected chi connectivity index (χ1v) is 7.00. The lowest BCUT2D eigenvalue weighted by Gasteiger charge is -2.14. The Labute approximate surface area is 116 Å². The van der Waals surface area contributed by atoms with Crippen LogP contribution in [0.4, 0.5) is 0 Å². The Bertz CT molecular complexity index is 570. The highest BCUT2D eigenvalue weighted by Crippen LogP contribution is 2.29. The van der Waals surface area contributed by atoms with Crippen molar-refractivity contribution in [2.24, 2.45) is 0 Å². The minimum atomic E-state index is 0.930. The highest BCUT2D eigenvalue weighted by atomic mass is 14.8. The molecule has 0 heterocycles. The summed E-state index contributed by atoms with van der Waals surface area (Å²) in [6, 6.07) is 13.3. The van der Waals surface area contributed by atoms with Crippen molar-refractivity contribution >= 4 is 0 Å². The summed E-state index contributed by atoms with van der Waals surface area (Å²) in [6.07, 6.45) is 0. The van der Waals surface area contributed by atoms with Gasteiger partial charge in [-0.2, -0.15) is 0 Å². The Kier molecular flexibility index (Phi) is 4.39. The minimum absolute atomic E-state index is 0.930. The van der Waals surface area contributed by atoms with Crippen molar-refractivity contribution in [3.63, 3.8) is 0 Å². The molecule has 0 aliphatic heterocycles. The first-order chi connectivity index (χ1) is 9.13. The molecule has 0 aliphatic carbocycles. The third-order valence-corrected chi connectivity index (χ3v) is 3.71. The van der Waals surface area contributed by atoms with Crippen LogP contribution >= 0.6 is 0 Å². The summed E-state index contributed by atoms with van der Waals surface area (Å²) in [5.41, 5.74) is 8.16. The van der Waals surface area contributed by atoms with Crippen LogP contribution in [0.3, 0.4) is 0 Å². The molecule has 0 aromatic heterocycles. The summed E-state index contributed by atoms with van der Waals surface area (Å²) in [7, 11) is 0. The van der Waals surface area contributed by atoms with Crippen LogP contribution in [0.15, 0.2) is 36.4 Å². The van der Waals surface area contributed by atoms with Crippen LogP contribution in [-0.4, -0.2) is 6.54 Å². The van der Waals surface area contributed by atoms with Crippen molar-refractivity contribution in [2.45, 2.75) is 34.2 Å². The largest absolute Gasteiger partial charge is 0.313 e. The summed E-state index contributed by atoms with van der Waals surface area (Å²) < 4.78 is 0. The van der Waals surface area contributed by atoms with E-state index in [0.717, 1.165) is 13.1 Å². The maximum atomic E-state index is 3.42. The standard InChI is InChI=1S/C18H23N/c1-5-19-12-16-8-6-7-9-17(16)18-11-14(3)13(2)10-15(18)4/h6-11,19H,5,12H2,1-4H3. The fourth-order valence-electron chi connectivity index (χ4n) is 2.45. The monoisotopic (exact) mass is 253 g/mol. The molecule has 2 rings (SSSR count). The van der Waals surface area contributed by atoms with Gasteiger partial charge in [0.25, 0.3) is 0 Å². The Morgan fingerprint density at radius 3 is 2.26 bits per heavy atom. The van der Waals surface area contributed by atoms with Crippen LogP contribution in [0.2, 0.25) is 0 Å². The molecule has 0 radical (unpaired) electrons. The van der Waals surface area contributed by atoms with E-state index in [1.807, 2.05) is 0 Å². The van der Waals surface area contributed by atoms with Crippen LogP contribution in [0.1, 0.15) is 29.2 Å². The van der Waals surface area contributed by atoms with Crippen molar-refractivity contribution in [3.05, 3.63) is 58.7 Å². The molecule has 0 atom stereocenters. The molecule has 2 aromatic rings. The lowest BCUT2D eigenvalue weighted by atomic mass is 9.92. The van der Waals surface area contributed by atoms with Crippen molar-refractivity contribution < 1.29 is 0 Å². The number of hydrogen-bond acceptors (Lipinski definition) is 1. The van der Waals surface area contributed by atoms with E-state index in [4.69, 9.17) is 0 Å². The van der Waals surface area contributed by atoms with Gasteiger partial charge in [0.1, 0.15) is 0 Å². The van der Waals surface area contributed by atoms with E-state index in [-0.39, 0.29) is 0 Å². The zero-order chi connectivity index (χ0) is 13.8.